The van der Waals surface area contributed by atoms with Gasteiger partial charge in [0.15, 0.2) is 0 Å². The van der Waals surface area contributed by atoms with Crippen molar-refractivity contribution in [3.8, 4) is 0 Å². The maximum Gasteiger partial charge on any atom is 0.00417 e. The van der Waals surface area contributed by atoms with Crippen LogP contribution in [0.3, 0.4) is 0 Å². The van der Waals surface area contributed by atoms with Crippen molar-refractivity contribution in [1.82, 2.24) is 5.32 Å². The Morgan fingerprint density at radius 2 is 1.85 bits per heavy atom. The average molecular weight is 203 g/mol. The third-order valence-electron chi connectivity index (χ3n) is 2.24. The van der Waals surface area contributed by atoms with Crippen molar-refractivity contribution in [3.05, 3.63) is 0 Å². The summed E-state index contributed by atoms with van der Waals surface area (Å²) < 4.78 is 0. The van der Waals surface area contributed by atoms with Gasteiger partial charge in [0.25, 0.3) is 0 Å². The normalized spacial score (nSPS) is 13.6. The van der Waals surface area contributed by atoms with Gasteiger partial charge in [-0.2, -0.15) is 11.8 Å². The molecule has 0 aromatic heterocycles. The minimum atomic E-state index is 0.811. The molecule has 0 aliphatic rings. The third-order valence-corrected chi connectivity index (χ3v) is 3.84. The first-order valence-corrected chi connectivity index (χ1v) is 6.55. The third kappa shape index (κ3) is 8.63. The molecule has 1 atom stereocenters. The van der Waals surface area contributed by atoms with E-state index in [0.717, 1.165) is 11.2 Å². The number of thioether (sulfide) groups is 1. The quantitative estimate of drug-likeness (QED) is 0.608. The minimum absolute atomic E-state index is 0.811. The maximum atomic E-state index is 3.42. The van der Waals surface area contributed by atoms with Gasteiger partial charge in [-0.1, -0.05) is 27.7 Å². The van der Waals surface area contributed by atoms with Crippen LogP contribution in [0.5, 0.6) is 0 Å². The van der Waals surface area contributed by atoms with Crippen LogP contribution in [0.1, 0.15) is 40.5 Å². The summed E-state index contributed by atoms with van der Waals surface area (Å²) in [5, 5.41) is 4.24. The smallest absolute Gasteiger partial charge is 0.00417 e. The van der Waals surface area contributed by atoms with Crippen LogP contribution in [0.2, 0.25) is 0 Å². The molecule has 1 unspecified atom stereocenters. The molecule has 0 radical (unpaired) electrons. The van der Waals surface area contributed by atoms with Crippen LogP contribution in [-0.2, 0) is 0 Å². The highest BCUT2D eigenvalue weighted by atomic mass is 32.2. The van der Waals surface area contributed by atoms with E-state index in [1.165, 1.54) is 31.7 Å². The lowest BCUT2D eigenvalue weighted by molar-refractivity contribution is 0.637. The van der Waals surface area contributed by atoms with Crippen molar-refractivity contribution in [2.45, 2.75) is 45.8 Å². The summed E-state index contributed by atoms with van der Waals surface area (Å²) in [7, 11) is 0. The number of hydrogen-bond donors (Lipinski definition) is 1. The molecule has 0 rings (SSSR count). The maximum absolute atomic E-state index is 3.42. The van der Waals surface area contributed by atoms with Crippen molar-refractivity contribution in [3.63, 3.8) is 0 Å². The lowest BCUT2D eigenvalue weighted by Gasteiger charge is -2.14. The molecule has 0 aliphatic carbocycles. The van der Waals surface area contributed by atoms with Crippen molar-refractivity contribution >= 4 is 11.8 Å². The molecule has 1 nitrogen and oxygen atoms in total. The zero-order valence-corrected chi connectivity index (χ0v) is 10.4. The second kappa shape index (κ2) is 8.89. The Balaban J connectivity index is 3.07. The Morgan fingerprint density at radius 1 is 1.15 bits per heavy atom. The molecule has 0 saturated heterocycles. The summed E-state index contributed by atoms with van der Waals surface area (Å²) in [6.07, 6.45) is 2.55. The largest absolute Gasteiger partial charge is 0.317 e. The van der Waals surface area contributed by atoms with E-state index in [2.05, 4.69) is 44.8 Å². The molecule has 1 N–H and O–H groups in total. The van der Waals surface area contributed by atoms with E-state index in [4.69, 9.17) is 0 Å². The molecule has 2 heteroatoms. The Hall–Kier alpha value is 0.310. The number of rotatable bonds is 8. The fraction of sp³-hybridized carbons (Fsp3) is 1.00. The van der Waals surface area contributed by atoms with Crippen LogP contribution in [-0.4, -0.2) is 24.1 Å². The topological polar surface area (TPSA) is 12.0 Å². The van der Waals surface area contributed by atoms with Gasteiger partial charge in [0.1, 0.15) is 0 Å². The van der Waals surface area contributed by atoms with Gasteiger partial charge in [0, 0.05) is 5.25 Å². The van der Waals surface area contributed by atoms with E-state index in [9.17, 15) is 0 Å². The van der Waals surface area contributed by atoms with E-state index >= 15 is 0 Å². The summed E-state index contributed by atoms with van der Waals surface area (Å²) >= 11 is 2.10. The molecule has 80 valence electrons. The number of hydrogen-bond acceptors (Lipinski definition) is 2. The van der Waals surface area contributed by atoms with Crippen molar-refractivity contribution in [2.24, 2.45) is 5.92 Å². The Kier molecular flexibility index (Phi) is 9.10. The predicted octanol–water partition coefficient (Wildman–Crippen LogP) is 3.15. The summed E-state index contributed by atoms with van der Waals surface area (Å²) in [5.41, 5.74) is 0. The highest BCUT2D eigenvalue weighted by Crippen LogP contribution is 2.18. The van der Waals surface area contributed by atoms with Crippen LogP contribution in [0.25, 0.3) is 0 Å². The standard InChI is InChI=1S/C11H25NS/c1-5-7-12-8-6-9-13-11(4)10(2)3/h10-12H,5-9H2,1-4H3. The van der Waals surface area contributed by atoms with Gasteiger partial charge < -0.3 is 5.32 Å². The molecule has 0 saturated carbocycles. The molecular formula is C11H25NS. The molecule has 0 aliphatic heterocycles. The van der Waals surface area contributed by atoms with Crippen LogP contribution in [0.15, 0.2) is 0 Å². The molecule has 0 fully saturated rings. The zero-order chi connectivity index (χ0) is 10.1. The molecule has 0 heterocycles. The molecule has 0 aromatic rings. The second-order valence-electron chi connectivity index (χ2n) is 3.92. The summed E-state index contributed by atoms with van der Waals surface area (Å²) in [5.74, 6) is 2.12. The molecule has 0 amide bonds. The van der Waals surface area contributed by atoms with E-state index in [-0.39, 0.29) is 0 Å². The Labute approximate surface area is 88.1 Å². The highest BCUT2D eigenvalue weighted by molar-refractivity contribution is 7.99. The highest BCUT2D eigenvalue weighted by Gasteiger charge is 2.05. The van der Waals surface area contributed by atoms with E-state index in [0.29, 0.717) is 0 Å². The Morgan fingerprint density at radius 3 is 2.38 bits per heavy atom. The van der Waals surface area contributed by atoms with Crippen molar-refractivity contribution in [2.75, 3.05) is 18.8 Å². The zero-order valence-electron chi connectivity index (χ0n) is 9.60. The van der Waals surface area contributed by atoms with Crippen LogP contribution < -0.4 is 5.32 Å². The molecular weight excluding hydrogens is 178 g/mol. The molecule has 0 aromatic carbocycles. The van der Waals surface area contributed by atoms with Gasteiger partial charge >= 0.3 is 0 Å². The first-order valence-electron chi connectivity index (χ1n) is 5.50. The van der Waals surface area contributed by atoms with E-state index in [1.807, 2.05) is 0 Å². The lowest BCUT2D eigenvalue weighted by atomic mass is 10.2. The summed E-state index contributed by atoms with van der Waals surface area (Å²) in [4.78, 5) is 0. The number of nitrogens with one attached hydrogen (secondary N) is 1. The van der Waals surface area contributed by atoms with Crippen LogP contribution in [0.4, 0.5) is 0 Å². The summed E-state index contributed by atoms with van der Waals surface area (Å²) in [6.45, 7) is 11.5. The van der Waals surface area contributed by atoms with Gasteiger partial charge in [0.2, 0.25) is 0 Å². The van der Waals surface area contributed by atoms with Gasteiger partial charge in [-0.05, 0) is 37.6 Å². The van der Waals surface area contributed by atoms with Crippen LogP contribution in [0, 0.1) is 5.92 Å². The van der Waals surface area contributed by atoms with Crippen molar-refractivity contribution < 1.29 is 0 Å². The van der Waals surface area contributed by atoms with E-state index < -0.39 is 0 Å². The fourth-order valence-corrected chi connectivity index (χ4v) is 2.03. The van der Waals surface area contributed by atoms with Gasteiger partial charge in [0.05, 0.1) is 0 Å². The van der Waals surface area contributed by atoms with E-state index in [1.54, 1.807) is 0 Å². The van der Waals surface area contributed by atoms with Gasteiger partial charge in [-0.3, -0.25) is 0 Å². The molecule has 0 bridgehead atoms. The average Bonchev–Trinajstić information content (AvgIpc) is 2.10. The molecule has 0 spiro atoms. The first kappa shape index (κ1) is 13.3. The fourth-order valence-electron chi connectivity index (χ4n) is 0.961. The predicted molar refractivity (Wildman–Crippen MR) is 64.5 cm³/mol. The second-order valence-corrected chi connectivity index (χ2v) is 5.41. The van der Waals surface area contributed by atoms with Gasteiger partial charge in [-0.15, -0.1) is 0 Å². The monoisotopic (exact) mass is 203 g/mol. The minimum Gasteiger partial charge on any atom is -0.317 e. The molecule has 13 heavy (non-hydrogen) atoms. The summed E-state index contributed by atoms with van der Waals surface area (Å²) in [6, 6.07) is 0. The van der Waals surface area contributed by atoms with Gasteiger partial charge in [-0.25, -0.2) is 0 Å². The van der Waals surface area contributed by atoms with Crippen LogP contribution >= 0.6 is 11.8 Å². The SMILES string of the molecule is CCCNCCCSC(C)C(C)C. The van der Waals surface area contributed by atoms with Crippen molar-refractivity contribution in [1.29, 1.82) is 0 Å². The first-order chi connectivity index (χ1) is 6.18. The Bertz CT molecular complexity index is 104. The lowest BCUT2D eigenvalue weighted by Crippen LogP contribution is -2.17.